The zero-order valence-corrected chi connectivity index (χ0v) is 18.8. The van der Waals surface area contributed by atoms with Gasteiger partial charge in [0.15, 0.2) is 0 Å². The number of halogens is 2. The van der Waals surface area contributed by atoms with Crippen LogP contribution >= 0.6 is 11.6 Å². The Kier molecular flexibility index (Phi) is 6.25. The van der Waals surface area contributed by atoms with Crippen LogP contribution in [0, 0.1) is 19.7 Å². The number of aromatic nitrogens is 4. The van der Waals surface area contributed by atoms with Gasteiger partial charge in [-0.1, -0.05) is 29.8 Å². The van der Waals surface area contributed by atoms with Crippen molar-refractivity contribution in [3.63, 3.8) is 0 Å². The first kappa shape index (κ1) is 22.0. The molecule has 32 heavy (non-hydrogen) atoms. The quantitative estimate of drug-likeness (QED) is 0.416. The maximum Gasteiger partial charge on any atom is 0.438 e. The van der Waals surface area contributed by atoms with E-state index < -0.39 is 5.76 Å². The van der Waals surface area contributed by atoms with Gasteiger partial charge < -0.3 is 4.42 Å². The van der Waals surface area contributed by atoms with Crippen molar-refractivity contribution in [2.24, 2.45) is 0 Å². The molecule has 9 heteroatoms. The molecule has 2 aromatic carbocycles. The maximum atomic E-state index is 13.1. The van der Waals surface area contributed by atoms with Crippen LogP contribution in [-0.4, -0.2) is 31.5 Å². The normalized spacial score (nSPS) is 11.4. The van der Waals surface area contributed by atoms with Crippen molar-refractivity contribution < 1.29 is 8.81 Å². The third-order valence-electron chi connectivity index (χ3n) is 5.31. The first-order chi connectivity index (χ1) is 15.3. The summed E-state index contributed by atoms with van der Waals surface area (Å²) in [6.45, 7) is 5.38. The van der Waals surface area contributed by atoms with Crippen LogP contribution in [0.25, 0.3) is 11.5 Å². The summed E-state index contributed by atoms with van der Waals surface area (Å²) in [6, 6.07) is 13.4. The number of hydrogen-bond donors (Lipinski definition) is 0. The highest BCUT2D eigenvalue weighted by molar-refractivity contribution is 6.31. The van der Waals surface area contributed by atoms with E-state index in [0.717, 1.165) is 22.5 Å². The lowest BCUT2D eigenvalue weighted by atomic mass is 10.2. The van der Waals surface area contributed by atoms with Gasteiger partial charge in [0.25, 0.3) is 0 Å². The van der Waals surface area contributed by atoms with E-state index in [4.69, 9.17) is 16.0 Å². The summed E-state index contributed by atoms with van der Waals surface area (Å²) in [4.78, 5) is 14.2. The highest BCUT2D eigenvalue weighted by Gasteiger charge is 2.17. The van der Waals surface area contributed by atoms with Gasteiger partial charge in [0, 0.05) is 28.4 Å². The third-order valence-corrected chi connectivity index (χ3v) is 5.68. The van der Waals surface area contributed by atoms with Crippen molar-refractivity contribution in [1.29, 1.82) is 0 Å². The third kappa shape index (κ3) is 4.66. The molecule has 4 aromatic rings. The van der Waals surface area contributed by atoms with E-state index in [0.29, 0.717) is 23.7 Å². The first-order valence-corrected chi connectivity index (χ1v) is 10.5. The fourth-order valence-electron chi connectivity index (χ4n) is 3.56. The molecule has 2 aromatic heterocycles. The van der Waals surface area contributed by atoms with E-state index in [1.807, 2.05) is 54.7 Å². The minimum absolute atomic E-state index is 0.156. The molecule has 0 aliphatic rings. The summed E-state index contributed by atoms with van der Waals surface area (Å²) in [7, 11) is 1.89. The van der Waals surface area contributed by atoms with Gasteiger partial charge >= 0.3 is 5.76 Å². The number of benzene rings is 2. The molecule has 166 valence electrons. The molecule has 0 amide bonds. The monoisotopic (exact) mass is 455 g/mol. The predicted molar refractivity (Wildman–Crippen MR) is 120 cm³/mol. The molecular formula is C23H23ClFN5O2. The van der Waals surface area contributed by atoms with Crippen molar-refractivity contribution in [1.82, 2.24) is 24.5 Å². The minimum atomic E-state index is -0.570. The highest BCUT2D eigenvalue weighted by atomic mass is 35.5. The van der Waals surface area contributed by atoms with Crippen LogP contribution in [0.15, 0.2) is 57.7 Å². The number of aryl methyl sites for hydroxylation is 1. The van der Waals surface area contributed by atoms with Crippen LogP contribution in [0.2, 0.25) is 5.02 Å². The lowest BCUT2D eigenvalue weighted by molar-refractivity contribution is 0.236. The summed E-state index contributed by atoms with van der Waals surface area (Å²) >= 11 is 6.30. The van der Waals surface area contributed by atoms with Crippen molar-refractivity contribution in [2.75, 3.05) is 7.05 Å². The van der Waals surface area contributed by atoms with E-state index >= 15 is 0 Å². The summed E-state index contributed by atoms with van der Waals surface area (Å²) in [6.07, 6.45) is 0. The van der Waals surface area contributed by atoms with Gasteiger partial charge in [0.2, 0.25) is 5.89 Å². The molecule has 4 rings (SSSR count). The standard InChI is InChI=1S/C23H23ClFN5O2/c1-15-20(16(2)29(26-15)12-18-6-4-5-7-21(18)24)13-28(3)14-30-23(31)32-22(27-30)17-8-10-19(25)11-9-17/h4-11H,12-14H2,1-3H3. The minimum Gasteiger partial charge on any atom is -0.388 e. The second kappa shape index (κ2) is 9.10. The van der Waals surface area contributed by atoms with Crippen molar-refractivity contribution in [3.8, 4) is 11.5 Å². The Labute approximate surface area is 189 Å². The molecule has 0 fully saturated rings. The Hall–Kier alpha value is -3.23. The first-order valence-electron chi connectivity index (χ1n) is 10.1. The molecule has 0 bridgehead atoms. The van der Waals surface area contributed by atoms with Gasteiger partial charge in [-0.3, -0.25) is 9.58 Å². The van der Waals surface area contributed by atoms with Gasteiger partial charge in [-0.2, -0.15) is 9.78 Å². The van der Waals surface area contributed by atoms with Gasteiger partial charge in [-0.05, 0) is 56.8 Å². The summed E-state index contributed by atoms with van der Waals surface area (Å²) < 4.78 is 21.6. The molecule has 7 nitrogen and oxygen atoms in total. The van der Waals surface area contributed by atoms with E-state index in [1.54, 1.807) is 0 Å². The fourth-order valence-corrected chi connectivity index (χ4v) is 3.75. The van der Waals surface area contributed by atoms with E-state index in [-0.39, 0.29) is 18.4 Å². The fraction of sp³-hybridized carbons (Fsp3) is 0.261. The molecule has 2 heterocycles. The second-order valence-corrected chi connectivity index (χ2v) is 8.14. The SMILES string of the molecule is Cc1nn(Cc2ccccc2Cl)c(C)c1CN(C)Cn1nc(-c2ccc(F)cc2)oc1=O. The van der Waals surface area contributed by atoms with Crippen molar-refractivity contribution >= 4 is 11.6 Å². The average Bonchev–Trinajstić information content (AvgIpc) is 3.24. The van der Waals surface area contributed by atoms with Crippen LogP contribution in [-0.2, 0) is 19.8 Å². The topological polar surface area (TPSA) is 69.1 Å². The van der Waals surface area contributed by atoms with Gasteiger partial charge in [0.05, 0.1) is 12.2 Å². The molecule has 0 atom stereocenters. The van der Waals surface area contributed by atoms with Crippen LogP contribution in [0.3, 0.4) is 0 Å². The Balaban J connectivity index is 1.48. The van der Waals surface area contributed by atoms with E-state index in [1.165, 1.54) is 28.9 Å². The van der Waals surface area contributed by atoms with Crippen LogP contribution in [0.1, 0.15) is 22.5 Å². The molecule has 0 saturated carbocycles. The molecule has 0 spiro atoms. The molecule has 0 aliphatic carbocycles. The van der Waals surface area contributed by atoms with E-state index in [9.17, 15) is 9.18 Å². The number of rotatable bonds is 7. The lowest BCUT2D eigenvalue weighted by Gasteiger charge is -2.16. The molecule has 0 N–H and O–H groups in total. The zero-order valence-electron chi connectivity index (χ0n) is 18.0. The van der Waals surface area contributed by atoms with Crippen LogP contribution in [0.5, 0.6) is 0 Å². The van der Waals surface area contributed by atoms with Gasteiger partial charge in [-0.15, -0.1) is 5.10 Å². The van der Waals surface area contributed by atoms with Crippen LogP contribution in [0.4, 0.5) is 4.39 Å². The van der Waals surface area contributed by atoms with Gasteiger partial charge in [0.1, 0.15) is 12.5 Å². The Morgan fingerprint density at radius 3 is 2.50 bits per heavy atom. The average molecular weight is 456 g/mol. The zero-order chi connectivity index (χ0) is 22.8. The predicted octanol–water partition coefficient (Wildman–Crippen LogP) is 4.25. The second-order valence-electron chi connectivity index (χ2n) is 7.73. The van der Waals surface area contributed by atoms with E-state index in [2.05, 4.69) is 10.2 Å². The largest absolute Gasteiger partial charge is 0.438 e. The number of hydrogen-bond acceptors (Lipinski definition) is 5. The van der Waals surface area contributed by atoms with Gasteiger partial charge in [-0.25, -0.2) is 9.18 Å². The summed E-state index contributed by atoms with van der Waals surface area (Å²) in [5.41, 5.74) is 4.57. The molecule has 0 radical (unpaired) electrons. The Bertz CT molecular complexity index is 1290. The lowest BCUT2D eigenvalue weighted by Crippen LogP contribution is -2.28. The van der Waals surface area contributed by atoms with Crippen LogP contribution < -0.4 is 5.76 Å². The molecule has 0 saturated heterocycles. The summed E-state index contributed by atoms with van der Waals surface area (Å²) in [5.74, 6) is -0.779. The molecule has 0 aliphatic heterocycles. The Morgan fingerprint density at radius 2 is 1.78 bits per heavy atom. The number of nitrogens with zero attached hydrogens (tertiary/aromatic N) is 5. The smallest absolute Gasteiger partial charge is 0.388 e. The molecule has 0 unspecified atom stereocenters. The highest BCUT2D eigenvalue weighted by Crippen LogP contribution is 2.21. The Morgan fingerprint density at radius 1 is 1.06 bits per heavy atom. The van der Waals surface area contributed by atoms with Crippen molar-refractivity contribution in [3.05, 3.63) is 92.4 Å². The maximum absolute atomic E-state index is 13.1. The van der Waals surface area contributed by atoms with Crippen molar-refractivity contribution in [2.45, 2.75) is 33.6 Å². The summed E-state index contributed by atoms with van der Waals surface area (Å²) in [5, 5.41) is 9.63. The molecular weight excluding hydrogens is 433 g/mol.